The minimum atomic E-state index is -3.75. The van der Waals surface area contributed by atoms with E-state index in [-0.39, 0.29) is 21.8 Å². The third kappa shape index (κ3) is 4.85. The van der Waals surface area contributed by atoms with E-state index in [0.717, 1.165) is 11.3 Å². The van der Waals surface area contributed by atoms with Crippen LogP contribution in [0.25, 0.3) is 0 Å². The summed E-state index contributed by atoms with van der Waals surface area (Å²) in [4.78, 5) is 12.0. The fourth-order valence-corrected chi connectivity index (χ4v) is 3.48. The second-order valence-electron chi connectivity index (χ2n) is 4.58. The van der Waals surface area contributed by atoms with E-state index in [9.17, 15) is 13.2 Å². The van der Waals surface area contributed by atoms with Gasteiger partial charge in [0.15, 0.2) is 0 Å². The summed E-state index contributed by atoms with van der Waals surface area (Å²) in [5.74, 6) is -0.412. The smallest absolute Gasteiger partial charge is 0.263 e. The van der Waals surface area contributed by atoms with Gasteiger partial charge in [0.2, 0.25) is 10.3 Å². The van der Waals surface area contributed by atoms with Crippen molar-refractivity contribution in [2.45, 2.75) is 17.9 Å². The van der Waals surface area contributed by atoms with Crippen molar-refractivity contribution in [3.8, 4) is 0 Å². The van der Waals surface area contributed by atoms with Crippen LogP contribution in [0.5, 0.6) is 0 Å². The van der Waals surface area contributed by atoms with E-state index < -0.39 is 22.0 Å². The molecule has 0 bridgehead atoms. The Kier molecular flexibility index (Phi) is 6.01. The van der Waals surface area contributed by atoms with Crippen LogP contribution in [-0.2, 0) is 19.6 Å². The Bertz CT molecular complexity index is 805. The highest BCUT2D eigenvalue weighted by molar-refractivity contribution is 7.93. The van der Waals surface area contributed by atoms with E-state index in [1.165, 1.54) is 18.2 Å². The first-order valence-corrected chi connectivity index (χ1v) is 9.17. The molecule has 10 heteroatoms. The number of ether oxygens (including phenoxy) is 1. The summed E-state index contributed by atoms with van der Waals surface area (Å²) >= 11 is 0.904. The number of rotatable bonds is 8. The Labute approximate surface area is 143 Å². The highest BCUT2D eigenvalue weighted by atomic mass is 32.2. The lowest BCUT2D eigenvalue weighted by molar-refractivity contribution is -0.125. The Morgan fingerprint density at radius 1 is 1.33 bits per heavy atom. The van der Waals surface area contributed by atoms with E-state index in [4.69, 9.17) is 4.74 Å². The van der Waals surface area contributed by atoms with Crippen molar-refractivity contribution in [2.75, 3.05) is 16.6 Å². The molecule has 1 aromatic carbocycles. The minimum Gasteiger partial charge on any atom is -0.365 e. The number of carbonyl (C=O) groups is 1. The number of nitrogens with one attached hydrogen (secondary N) is 2. The SMILES string of the molecule is C=CCO[C@@H](C)C(=O)Nc1nnc(NS(=O)(=O)c2ccccc2)s1. The monoisotopic (exact) mass is 368 g/mol. The van der Waals surface area contributed by atoms with Gasteiger partial charge in [-0.15, -0.1) is 16.8 Å². The van der Waals surface area contributed by atoms with Crippen LogP contribution in [-0.4, -0.2) is 37.2 Å². The number of aromatic nitrogens is 2. The van der Waals surface area contributed by atoms with Gasteiger partial charge in [0.1, 0.15) is 6.10 Å². The first kappa shape index (κ1) is 18.0. The average molecular weight is 368 g/mol. The second kappa shape index (κ2) is 7.99. The summed E-state index contributed by atoms with van der Waals surface area (Å²) in [6.45, 7) is 5.32. The molecule has 0 aliphatic heterocycles. The van der Waals surface area contributed by atoms with Gasteiger partial charge in [-0.1, -0.05) is 35.6 Å². The molecule has 0 saturated heterocycles. The topological polar surface area (TPSA) is 110 Å². The van der Waals surface area contributed by atoms with Crippen LogP contribution < -0.4 is 10.0 Å². The second-order valence-corrected chi connectivity index (χ2v) is 7.24. The van der Waals surface area contributed by atoms with E-state index in [0.29, 0.717) is 0 Å². The molecule has 1 amide bonds. The lowest BCUT2D eigenvalue weighted by Crippen LogP contribution is -2.27. The lowest BCUT2D eigenvalue weighted by atomic mass is 10.4. The van der Waals surface area contributed by atoms with Gasteiger partial charge in [0, 0.05) is 0 Å². The van der Waals surface area contributed by atoms with Crippen LogP contribution in [0.15, 0.2) is 47.9 Å². The third-order valence-corrected chi connectivity index (χ3v) is 5.00. The molecule has 128 valence electrons. The van der Waals surface area contributed by atoms with Crippen molar-refractivity contribution >= 4 is 37.5 Å². The van der Waals surface area contributed by atoms with E-state index in [1.807, 2.05) is 0 Å². The molecule has 0 radical (unpaired) electrons. The molecule has 2 N–H and O–H groups in total. The molecule has 0 spiro atoms. The summed E-state index contributed by atoms with van der Waals surface area (Å²) in [6, 6.07) is 7.87. The van der Waals surface area contributed by atoms with E-state index in [1.54, 1.807) is 25.1 Å². The van der Waals surface area contributed by atoms with Gasteiger partial charge in [-0.05, 0) is 19.1 Å². The highest BCUT2D eigenvalue weighted by Gasteiger charge is 2.18. The number of anilines is 2. The fourth-order valence-electron chi connectivity index (χ4n) is 1.58. The molecule has 0 saturated carbocycles. The zero-order valence-corrected chi connectivity index (χ0v) is 14.4. The van der Waals surface area contributed by atoms with Crippen molar-refractivity contribution in [3.63, 3.8) is 0 Å². The molecule has 1 heterocycles. The Balaban J connectivity index is 2.01. The summed E-state index contributed by atoms with van der Waals surface area (Å²) < 4.78 is 31.8. The number of benzene rings is 1. The van der Waals surface area contributed by atoms with Crippen molar-refractivity contribution in [2.24, 2.45) is 0 Å². The number of nitrogens with zero attached hydrogens (tertiary/aromatic N) is 2. The highest BCUT2D eigenvalue weighted by Crippen LogP contribution is 2.23. The third-order valence-electron chi connectivity index (χ3n) is 2.76. The number of hydrogen-bond acceptors (Lipinski definition) is 7. The van der Waals surface area contributed by atoms with Gasteiger partial charge in [-0.25, -0.2) is 8.42 Å². The van der Waals surface area contributed by atoms with Crippen LogP contribution in [0.4, 0.5) is 10.3 Å². The predicted molar refractivity (Wildman–Crippen MR) is 91.4 cm³/mol. The summed E-state index contributed by atoms with van der Waals surface area (Å²) in [5, 5.41) is 10.2. The maximum absolute atomic E-state index is 12.2. The summed E-state index contributed by atoms with van der Waals surface area (Å²) in [7, 11) is -3.75. The Hall–Kier alpha value is -2.30. The van der Waals surface area contributed by atoms with Crippen LogP contribution in [0, 0.1) is 0 Å². The largest absolute Gasteiger partial charge is 0.365 e. The van der Waals surface area contributed by atoms with Crippen LogP contribution in [0.3, 0.4) is 0 Å². The zero-order chi connectivity index (χ0) is 17.6. The Morgan fingerprint density at radius 3 is 2.67 bits per heavy atom. The molecule has 0 aliphatic rings. The quantitative estimate of drug-likeness (QED) is 0.688. The molecular weight excluding hydrogens is 352 g/mol. The number of sulfonamides is 1. The normalized spacial score (nSPS) is 12.4. The fraction of sp³-hybridized carbons (Fsp3) is 0.214. The molecule has 2 rings (SSSR count). The van der Waals surface area contributed by atoms with Gasteiger partial charge in [0.05, 0.1) is 11.5 Å². The molecule has 0 unspecified atom stereocenters. The van der Waals surface area contributed by atoms with Crippen molar-refractivity contribution in [3.05, 3.63) is 43.0 Å². The van der Waals surface area contributed by atoms with Crippen LogP contribution >= 0.6 is 11.3 Å². The van der Waals surface area contributed by atoms with E-state index >= 15 is 0 Å². The molecular formula is C14H16N4O4S2. The van der Waals surface area contributed by atoms with Crippen LogP contribution in [0.2, 0.25) is 0 Å². The van der Waals surface area contributed by atoms with Gasteiger partial charge < -0.3 is 4.74 Å². The van der Waals surface area contributed by atoms with Gasteiger partial charge in [0.25, 0.3) is 15.9 Å². The molecule has 1 aromatic heterocycles. The van der Waals surface area contributed by atoms with Gasteiger partial charge in [-0.2, -0.15) is 0 Å². The van der Waals surface area contributed by atoms with Crippen molar-refractivity contribution in [1.82, 2.24) is 10.2 Å². The predicted octanol–water partition coefficient (Wildman–Crippen LogP) is 1.87. The van der Waals surface area contributed by atoms with Crippen molar-refractivity contribution < 1.29 is 17.9 Å². The maximum Gasteiger partial charge on any atom is 0.263 e. The number of hydrogen-bond donors (Lipinski definition) is 2. The Morgan fingerprint density at radius 2 is 2.00 bits per heavy atom. The zero-order valence-electron chi connectivity index (χ0n) is 12.8. The summed E-state index contributed by atoms with van der Waals surface area (Å²) in [5.41, 5.74) is 0. The van der Waals surface area contributed by atoms with Crippen LogP contribution in [0.1, 0.15) is 6.92 Å². The van der Waals surface area contributed by atoms with Gasteiger partial charge >= 0.3 is 0 Å². The summed E-state index contributed by atoms with van der Waals surface area (Å²) in [6.07, 6.45) is 0.835. The first-order chi connectivity index (χ1) is 11.4. The minimum absolute atomic E-state index is 0.0498. The average Bonchev–Trinajstić information content (AvgIpc) is 2.99. The molecule has 0 fully saturated rings. The number of carbonyl (C=O) groups excluding carboxylic acids is 1. The van der Waals surface area contributed by atoms with E-state index in [2.05, 4.69) is 26.8 Å². The molecule has 2 aromatic rings. The first-order valence-electron chi connectivity index (χ1n) is 6.87. The molecule has 24 heavy (non-hydrogen) atoms. The molecule has 8 nitrogen and oxygen atoms in total. The molecule has 1 atom stereocenters. The standard InChI is InChI=1S/C14H16N4O4S2/c1-3-9-22-10(2)12(19)15-13-16-17-14(23-13)18-24(20,21)11-7-5-4-6-8-11/h3-8,10H,1,9H2,2H3,(H,17,18)(H,15,16,19)/t10-/m0/s1. The van der Waals surface area contributed by atoms with Gasteiger partial charge in [-0.3, -0.25) is 14.8 Å². The van der Waals surface area contributed by atoms with Crippen molar-refractivity contribution in [1.29, 1.82) is 0 Å². The number of amides is 1. The molecule has 0 aliphatic carbocycles. The maximum atomic E-state index is 12.2. The lowest BCUT2D eigenvalue weighted by Gasteiger charge is -2.09.